The molecule has 0 aliphatic heterocycles. The number of thioether (sulfide) groups is 1. The summed E-state index contributed by atoms with van der Waals surface area (Å²) in [7, 11) is 0. The summed E-state index contributed by atoms with van der Waals surface area (Å²) in [5, 5.41) is 9.34. The zero-order chi connectivity index (χ0) is 11.3. The second-order valence-electron chi connectivity index (χ2n) is 3.79. The summed E-state index contributed by atoms with van der Waals surface area (Å²) < 4.78 is 0. The van der Waals surface area contributed by atoms with Crippen LogP contribution in [0.4, 0.5) is 0 Å². The minimum absolute atomic E-state index is 0.258. The second kappa shape index (κ2) is 6.53. The molecular formula is C11H19NOS2. The molecule has 0 saturated heterocycles. The van der Waals surface area contributed by atoms with Crippen molar-refractivity contribution in [3.8, 4) is 0 Å². The minimum atomic E-state index is 0.258. The van der Waals surface area contributed by atoms with Crippen molar-refractivity contribution in [2.45, 2.75) is 19.1 Å². The molecule has 4 heteroatoms. The molecule has 1 aromatic rings. The van der Waals surface area contributed by atoms with Gasteiger partial charge < -0.3 is 10.8 Å². The fraction of sp³-hybridized carbons (Fsp3) is 0.636. The molecule has 15 heavy (non-hydrogen) atoms. The van der Waals surface area contributed by atoms with Gasteiger partial charge in [0.15, 0.2) is 0 Å². The van der Waals surface area contributed by atoms with E-state index in [-0.39, 0.29) is 6.61 Å². The molecule has 0 spiro atoms. The highest BCUT2D eigenvalue weighted by Gasteiger charge is 2.13. The van der Waals surface area contributed by atoms with E-state index in [1.54, 1.807) is 0 Å². The standard InChI is InChI=1S/C11H19NOS2/c1-8(6-13)7-14-11(5-12)10-4-3-9(2)15-10/h3-4,8,11,13H,5-7,12H2,1-2H3. The predicted octanol–water partition coefficient (Wildman–Crippen LogP) is 2.42. The van der Waals surface area contributed by atoms with Crippen LogP contribution in [0.2, 0.25) is 0 Å². The van der Waals surface area contributed by atoms with Gasteiger partial charge in [0.2, 0.25) is 0 Å². The van der Waals surface area contributed by atoms with Gasteiger partial charge >= 0.3 is 0 Å². The smallest absolute Gasteiger partial charge is 0.0513 e. The Kier molecular flexibility index (Phi) is 5.68. The molecule has 1 heterocycles. The van der Waals surface area contributed by atoms with Crippen molar-refractivity contribution in [2.75, 3.05) is 18.9 Å². The lowest BCUT2D eigenvalue weighted by molar-refractivity contribution is 0.250. The summed E-state index contributed by atoms with van der Waals surface area (Å²) >= 11 is 3.66. The Morgan fingerprint density at radius 1 is 1.53 bits per heavy atom. The highest BCUT2D eigenvalue weighted by atomic mass is 32.2. The van der Waals surface area contributed by atoms with Crippen LogP contribution in [-0.4, -0.2) is 24.0 Å². The van der Waals surface area contributed by atoms with E-state index in [1.807, 2.05) is 23.1 Å². The van der Waals surface area contributed by atoms with Gasteiger partial charge in [0.25, 0.3) is 0 Å². The summed E-state index contributed by atoms with van der Waals surface area (Å²) in [5.41, 5.74) is 5.77. The maximum atomic E-state index is 8.95. The average molecular weight is 245 g/mol. The molecule has 2 unspecified atom stereocenters. The molecule has 0 bridgehead atoms. The Labute approximate surface area is 99.9 Å². The van der Waals surface area contributed by atoms with Crippen LogP contribution < -0.4 is 5.73 Å². The van der Waals surface area contributed by atoms with Gasteiger partial charge in [-0.25, -0.2) is 0 Å². The number of thiophene rings is 1. The highest BCUT2D eigenvalue weighted by Crippen LogP contribution is 2.33. The Morgan fingerprint density at radius 3 is 2.73 bits per heavy atom. The number of nitrogens with two attached hydrogens (primary N) is 1. The van der Waals surface area contributed by atoms with E-state index in [0.29, 0.717) is 17.7 Å². The number of aryl methyl sites for hydroxylation is 1. The van der Waals surface area contributed by atoms with Gasteiger partial charge in [0.05, 0.1) is 5.25 Å². The normalized spacial score (nSPS) is 15.2. The lowest BCUT2D eigenvalue weighted by Crippen LogP contribution is -2.11. The summed E-state index contributed by atoms with van der Waals surface area (Å²) in [6.45, 7) is 5.10. The quantitative estimate of drug-likeness (QED) is 0.809. The number of hydrogen-bond acceptors (Lipinski definition) is 4. The van der Waals surface area contributed by atoms with Gasteiger partial charge in [0, 0.05) is 22.9 Å². The molecular weight excluding hydrogens is 226 g/mol. The molecule has 0 aliphatic rings. The third kappa shape index (κ3) is 4.15. The van der Waals surface area contributed by atoms with Gasteiger partial charge in [-0.15, -0.1) is 11.3 Å². The average Bonchev–Trinajstić information content (AvgIpc) is 2.65. The van der Waals surface area contributed by atoms with E-state index in [1.165, 1.54) is 9.75 Å². The first kappa shape index (κ1) is 13.0. The fourth-order valence-electron chi connectivity index (χ4n) is 1.23. The largest absolute Gasteiger partial charge is 0.396 e. The van der Waals surface area contributed by atoms with Crippen LogP contribution in [0.1, 0.15) is 21.9 Å². The van der Waals surface area contributed by atoms with Crippen LogP contribution in [0.15, 0.2) is 12.1 Å². The van der Waals surface area contributed by atoms with Crippen molar-refractivity contribution in [3.05, 3.63) is 21.9 Å². The molecule has 1 aromatic heterocycles. The summed E-state index contributed by atoms with van der Waals surface area (Å²) in [6.07, 6.45) is 0. The number of aliphatic hydroxyl groups excluding tert-OH is 1. The van der Waals surface area contributed by atoms with Gasteiger partial charge in [-0.3, -0.25) is 0 Å². The van der Waals surface area contributed by atoms with Crippen LogP contribution >= 0.6 is 23.1 Å². The highest BCUT2D eigenvalue weighted by molar-refractivity contribution is 7.99. The van der Waals surface area contributed by atoms with Crippen molar-refractivity contribution >= 4 is 23.1 Å². The minimum Gasteiger partial charge on any atom is -0.396 e. The van der Waals surface area contributed by atoms with E-state index in [2.05, 4.69) is 26.0 Å². The Bertz CT molecular complexity index is 288. The molecule has 2 atom stereocenters. The Morgan fingerprint density at radius 2 is 2.27 bits per heavy atom. The molecule has 0 aliphatic carbocycles. The zero-order valence-corrected chi connectivity index (χ0v) is 10.9. The van der Waals surface area contributed by atoms with E-state index in [4.69, 9.17) is 10.8 Å². The molecule has 3 N–H and O–H groups in total. The molecule has 0 aromatic carbocycles. The Hall–Kier alpha value is -0.0300. The third-order valence-corrected chi connectivity index (χ3v) is 5.06. The number of hydrogen-bond donors (Lipinski definition) is 2. The Balaban J connectivity index is 2.49. The number of rotatable bonds is 6. The molecule has 0 fully saturated rings. The zero-order valence-electron chi connectivity index (χ0n) is 9.27. The van der Waals surface area contributed by atoms with Crippen LogP contribution in [0.5, 0.6) is 0 Å². The maximum Gasteiger partial charge on any atom is 0.0513 e. The van der Waals surface area contributed by atoms with Gasteiger partial charge in [-0.2, -0.15) is 11.8 Å². The number of aliphatic hydroxyl groups is 1. The first-order valence-electron chi connectivity index (χ1n) is 5.16. The lowest BCUT2D eigenvalue weighted by atomic mass is 10.2. The van der Waals surface area contributed by atoms with E-state index >= 15 is 0 Å². The van der Waals surface area contributed by atoms with Gasteiger partial charge in [-0.1, -0.05) is 6.92 Å². The summed E-state index contributed by atoms with van der Waals surface area (Å²) in [6, 6.07) is 4.30. The molecule has 86 valence electrons. The van der Waals surface area contributed by atoms with Gasteiger partial charge in [0.1, 0.15) is 0 Å². The maximum absolute atomic E-state index is 8.95. The molecule has 0 saturated carbocycles. The topological polar surface area (TPSA) is 46.2 Å². The lowest BCUT2D eigenvalue weighted by Gasteiger charge is -2.14. The van der Waals surface area contributed by atoms with E-state index in [0.717, 1.165) is 5.75 Å². The molecule has 0 radical (unpaired) electrons. The van der Waals surface area contributed by atoms with Crippen LogP contribution in [0.3, 0.4) is 0 Å². The van der Waals surface area contributed by atoms with Crippen molar-refractivity contribution in [1.82, 2.24) is 0 Å². The van der Waals surface area contributed by atoms with Crippen molar-refractivity contribution < 1.29 is 5.11 Å². The monoisotopic (exact) mass is 245 g/mol. The second-order valence-corrected chi connectivity index (χ2v) is 6.35. The van der Waals surface area contributed by atoms with Crippen molar-refractivity contribution in [1.29, 1.82) is 0 Å². The molecule has 1 rings (SSSR count). The first-order valence-corrected chi connectivity index (χ1v) is 7.02. The van der Waals surface area contributed by atoms with Crippen LogP contribution in [-0.2, 0) is 0 Å². The van der Waals surface area contributed by atoms with Crippen molar-refractivity contribution in [3.63, 3.8) is 0 Å². The van der Waals surface area contributed by atoms with Crippen molar-refractivity contribution in [2.24, 2.45) is 11.7 Å². The third-order valence-electron chi connectivity index (χ3n) is 2.19. The fourth-order valence-corrected chi connectivity index (χ4v) is 3.49. The van der Waals surface area contributed by atoms with Gasteiger partial charge in [-0.05, 0) is 30.7 Å². The SMILES string of the molecule is Cc1ccc(C(CN)SCC(C)CO)s1. The molecule has 2 nitrogen and oxygen atoms in total. The first-order chi connectivity index (χ1) is 7.17. The predicted molar refractivity (Wildman–Crippen MR) is 69.6 cm³/mol. The molecule has 0 amide bonds. The van der Waals surface area contributed by atoms with E-state index in [9.17, 15) is 0 Å². The van der Waals surface area contributed by atoms with E-state index < -0.39 is 0 Å². The van der Waals surface area contributed by atoms with Crippen LogP contribution in [0.25, 0.3) is 0 Å². The van der Waals surface area contributed by atoms with Crippen LogP contribution in [0, 0.1) is 12.8 Å². The summed E-state index contributed by atoms with van der Waals surface area (Å²) in [4.78, 5) is 2.68. The summed E-state index contributed by atoms with van der Waals surface area (Å²) in [5.74, 6) is 1.32.